The van der Waals surface area contributed by atoms with Gasteiger partial charge in [-0.05, 0) is 26.7 Å². The Labute approximate surface area is 97.6 Å². The molecular weight excluding hydrogens is 208 g/mol. The van der Waals surface area contributed by atoms with Gasteiger partial charge in [0.1, 0.15) is 0 Å². The van der Waals surface area contributed by atoms with E-state index in [4.69, 9.17) is 19.7 Å². The van der Waals surface area contributed by atoms with Crippen LogP contribution in [-0.4, -0.2) is 48.8 Å². The molecule has 0 spiro atoms. The lowest BCUT2D eigenvalue weighted by atomic mass is 10.1. The summed E-state index contributed by atoms with van der Waals surface area (Å²) in [5.41, 5.74) is 0. The van der Waals surface area contributed by atoms with Crippen molar-refractivity contribution in [1.82, 2.24) is 0 Å². The molecule has 2 N–H and O–H groups in total. The van der Waals surface area contributed by atoms with Gasteiger partial charge in [0.05, 0.1) is 12.2 Å². The molecule has 0 aromatic carbocycles. The molecule has 2 rings (SSSR count). The molecule has 0 saturated carbocycles. The minimum absolute atomic E-state index is 0.278. The van der Waals surface area contributed by atoms with Gasteiger partial charge in [-0.1, -0.05) is 0 Å². The molecule has 4 atom stereocenters. The molecule has 2 saturated heterocycles. The highest BCUT2D eigenvalue weighted by atomic mass is 16.5. The number of ether oxygens (including phenoxy) is 2. The zero-order valence-electron chi connectivity index (χ0n) is 10.3. The van der Waals surface area contributed by atoms with E-state index in [0.717, 1.165) is 26.1 Å². The molecule has 2 aliphatic rings. The van der Waals surface area contributed by atoms with E-state index < -0.39 is 0 Å². The van der Waals surface area contributed by atoms with Crippen molar-refractivity contribution in [2.45, 2.75) is 38.9 Å². The Balaban J connectivity index is 0.000000160. The zero-order chi connectivity index (χ0) is 12.0. The molecule has 2 fully saturated rings. The Hall–Kier alpha value is -0.160. The summed E-state index contributed by atoms with van der Waals surface area (Å²) >= 11 is 0. The van der Waals surface area contributed by atoms with Gasteiger partial charge < -0.3 is 19.7 Å². The van der Waals surface area contributed by atoms with Crippen molar-refractivity contribution < 1.29 is 19.7 Å². The van der Waals surface area contributed by atoms with E-state index in [2.05, 4.69) is 0 Å². The first-order valence-corrected chi connectivity index (χ1v) is 6.14. The third-order valence-corrected chi connectivity index (χ3v) is 3.54. The average Bonchev–Trinajstić information content (AvgIpc) is 2.87. The average molecular weight is 232 g/mol. The topological polar surface area (TPSA) is 58.9 Å². The lowest BCUT2D eigenvalue weighted by molar-refractivity contribution is 0.0861. The Morgan fingerprint density at radius 3 is 1.38 bits per heavy atom. The molecule has 96 valence electrons. The number of aliphatic hydroxyl groups excluding tert-OH is 2. The monoisotopic (exact) mass is 232 g/mol. The van der Waals surface area contributed by atoms with E-state index in [-0.39, 0.29) is 25.4 Å². The van der Waals surface area contributed by atoms with E-state index in [0.29, 0.717) is 11.8 Å². The molecule has 0 aromatic rings. The molecule has 0 bridgehead atoms. The molecule has 2 heterocycles. The van der Waals surface area contributed by atoms with Gasteiger partial charge in [-0.15, -0.1) is 0 Å². The Kier molecular flexibility index (Phi) is 6.28. The molecule has 0 aromatic heterocycles. The lowest BCUT2D eigenvalue weighted by Crippen LogP contribution is -2.14. The van der Waals surface area contributed by atoms with Crippen molar-refractivity contribution in [2.75, 3.05) is 26.4 Å². The first kappa shape index (κ1) is 13.9. The summed E-state index contributed by atoms with van der Waals surface area (Å²) in [7, 11) is 0. The second kappa shape index (κ2) is 7.22. The Morgan fingerprint density at radius 1 is 0.875 bits per heavy atom. The normalized spacial score (nSPS) is 38.2. The van der Waals surface area contributed by atoms with Crippen LogP contribution in [0.4, 0.5) is 0 Å². The van der Waals surface area contributed by atoms with Crippen LogP contribution in [0, 0.1) is 11.8 Å². The third kappa shape index (κ3) is 4.01. The fourth-order valence-electron chi connectivity index (χ4n) is 2.03. The van der Waals surface area contributed by atoms with Gasteiger partial charge in [0, 0.05) is 38.3 Å². The zero-order valence-corrected chi connectivity index (χ0v) is 10.3. The number of hydrogen-bond donors (Lipinski definition) is 2. The van der Waals surface area contributed by atoms with Gasteiger partial charge in [0.15, 0.2) is 0 Å². The fourth-order valence-corrected chi connectivity index (χ4v) is 2.03. The summed E-state index contributed by atoms with van der Waals surface area (Å²) in [6.07, 6.45) is 2.61. The molecule has 0 radical (unpaired) electrons. The Morgan fingerprint density at radius 2 is 1.25 bits per heavy atom. The van der Waals surface area contributed by atoms with Crippen LogP contribution in [0.5, 0.6) is 0 Å². The van der Waals surface area contributed by atoms with E-state index in [9.17, 15) is 0 Å². The van der Waals surface area contributed by atoms with Crippen molar-refractivity contribution in [3.63, 3.8) is 0 Å². The second-order valence-corrected chi connectivity index (χ2v) is 4.61. The van der Waals surface area contributed by atoms with Gasteiger partial charge in [0.2, 0.25) is 0 Å². The van der Waals surface area contributed by atoms with E-state index >= 15 is 0 Å². The highest BCUT2D eigenvalue weighted by Crippen LogP contribution is 2.19. The number of hydrogen-bond acceptors (Lipinski definition) is 4. The van der Waals surface area contributed by atoms with E-state index in [1.165, 1.54) is 0 Å². The minimum Gasteiger partial charge on any atom is -0.396 e. The smallest absolute Gasteiger partial charge is 0.0597 e. The molecule has 0 aliphatic carbocycles. The summed E-state index contributed by atoms with van der Waals surface area (Å²) in [6.45, 7) is 6.23. The van der Waals surface area contributed by atoms with Crippen molar-refractivity contribution in [1.29, 1.82) is 0 Å². The maximum absolute atomic E-state index is 8.66. The van der Waals surface area contributed by atoms with Crippen LogP contribution in [0.15, 0.2) is 0 Å². The van der Waals surface area contributed by atoms with Crippen molar-refractivity contribution in [2.24, 2.45) is 11.8 Å². The van der Waals surface area contributed by atoms with Crippen molar-refractivity contribution in [3.05, 3.63) is 0 Å². The van der Waals surface area contributed by atoms with E-state index in [1.54, 1.807) is 0 Å². The molecule has 0 unspecified atom stereocenters. The summed E-state index contributed by atoms with van der Waals surface area (Å²) in [5, 5.41) is 17.3. The first-order valence-electron chi connectivity index (χ1n) is 6.14. The minimum atomic E-state index is 0.278. The van der Waals surface area contributed by atoms with E-state index in [1.807, 2.05) is 13.8 Å². The lowest BCUT2D eigenvalue weighted by Gasteiger charge is -2.08. The van der Waals surface area contributed by atoms with Gasteiger partial charge in [0.25, 0.3) is 0 Å². The van der Waals surface area contributed by atoms with Crippen LogP contribution in [0.1, 0.15) is 26.7 Å². The van der Waals surface area contributed by atoms with Crippen LogP contribution in [0.25, 0.3) is 0 Å². The summed E-state index contributed by atoms with van der Waals surface area (Å²) in [4.78, 5) is 0. The van der Waals surface area contributed by atoms with Gasteiger partial charge >= 0.3 is 0 Å². The quantitative estimate of drug-likeness (QED) is 0.739. The summed E-state index contributed by atoms with van der Waals surface area (Å²) < 4.78 is 10.4. The molecule has 0 amide bonds. The standard InChI is InChI=1S/2C6H12O2/c2*1-5-6(4-7)2-3-8-5/h2*5-7H,2-4H2,1H3/t2*5-,6+/m10/s1. The van der Waals surface area contributed by atoms with Gasteiger partial charge in [-0.3, -0.25) is 0 Å². The predicted octanol–water partition coefficient (Wildman–Crippen LogP) is 0.807. The molecule has 16 heavy (non-hydrogen) atoms. The van der Waals surface area contributed by atoms with Crippen LogP contribution in [-0.2, 0) is 9.47 Å². The number of aliphatic hydroxyl groups is 2. The fraction of sp³-hybridized carbons (Fsp3) is 1.00. The maximum Gasteiger partial charge on any atom is 0.0597 e. The summed E-state index contributed by atoms with van der Waals surface area (Å²) in [5.74, 6) is 0.796. The SMILES string of the molecule is C[C@@H]1OCC[C@@H]1CO.C[C@H]1OCC[C@H]1CO. The first-order chi connectivity index (χ1) is 7.69. The van der Waals surface area contributed by atoms with Crippen molar-refractivity contribution in [3.8, 4) is 0 Å². The highest BCUT2D eigenvalue weighted by molar-refractivity contribution is 4.71. The third-order valence-electron chi connectivity index (χ3n) is 3.54. The second-order valence-electron chi connectivity index (χ2n) is 4.61. The van der Waals surface area contributed by atoms with Crippen LogP contribution in [0.2, 0.25) is 0 Å². The predicted molar refractivity (Wildman–Crippen MR) is 61.2 cm³/mol. The van der Waals surface area contributed by atoms with Gasteiger partial charge in [-0.2, -0.15) is 0 Å². The maximum atomic E-state index is 8.66. The van der Waals surface area contributed by atoms with Crippen LogP contribution < -0.4 is 0 Å². The van der Waals surface area contributed by atoms with Gasteiger partial charge in [-0.25, -0.2) is 0 Å². The van der Waals surface area contributed by atoms with Crippen LogP contribution in [0.3, 0.4) is 0 Å². The van der Waals surface area contributed by atoms with Crippen molar-refractivity contribution >= 4 is 0 Å². The summed E-state index contributed by atoms with van der Waals surface area (Å²) in [6, 6.07) is 0. The number of rotatable bonds is 2. The highest BCUT2D eigenvalue weighted by Gasteiger charge is 2.23. The molecular formula is C12H24O4. The Bertz CT molecular complexity index is 166. The molecule has 4 nitrogen and oxygen atoms in total. The molecule has 4 heteroatoms. The van der Waals surface area contributed by atoms with Crippen LogP contribution >= 0.6 is 0 Å². The molecule has 2 aliphatic heterocycles. The largest absolute Gasteiger partial charge is 0.396 e.